The number of carbonyl (C=O) groups excluding carboxylic acids is 1. The molecule has 0 fully saturated rings. The van der Waals surface area contributed by atoms with Gasteiger partial charge in [0.05, 0.1) is 14.2 Å². The maximum Gasteiger partial charge on any atom is 0.207 e. The molecule has 1 aromatic carbocycles. The highest BCUT2D eigenvalue weighted by atomic mass is 16.5. The van der Waals surface area contributed by atoms with Crippen molar-refractivity contribution in [1.82, 2.24) is 11.5 Å². The highest BCUT2D eigenvalue weighted by molar-refractivity contribution is 5.45. The highest BCUT2D eigenvalue weighted by Crippen LogP contribution is 2.27. The molecule has 0 aliphatic carbocycles. The second kappa shape index (κ2) is 8.41. The number of benzene rings is 1. The van der Waals surface area contributed by atoms with Crippen LogP contribution < -0.4 is 20.9 Å². The molecule has 96 valence electrons. The van der Waals surface area contributed by atoms with Crippen LogP contribution in [-0.4, -0.2) is 27.2 Å². The van der Waals surface area contributed by atoms with E-state index in [1.54, 1.807) is 14.2 Å². The third kappa shape index (κ3) is 4.74. The van der Waals surface area contributed by atoms with Crippen molar-refractivity contribution in [3.05, 3.63) is 23.8 Å². The van der Waals surface area contributed by atoms with Gasteiger partial charge in [0.25, 0.3) is 0 Å². The molecular formula is C12H20N2O3. The van der Waals surface area contributed by atoms with E-state index in [0.29, 0.717) is 13.0 Å². The van der Waals surface area contributed by atoms with E-state index in [-0.39, 0.29) is 6.15 Å². The van der Waals surface area contributed by atoms with Crippen molar-refractivity contribution in [3.63, 3.8) is 0 Å². The number of rotatable bonds is 7. The molecule has 5 heteroatoms. The van der Waals surface area contributed by atoms with Gasteiger partial charge in [0.15, 0.2) is 11.5 Å². The molecule has 0 radical (unpaired) electrons. The smallest absolute Gasteiger partial charge is 0.207 e. The van der Waals surface area contributed by atoms with E-state index >= 15 is 0 Å². The van der Waals surface area contributed by atoms with Crippen LogP contribution in [0.15, 0.2) is 18.2 Å². The summed E-state index contributed by atoms with van der Waals surface area (Å²) in [5, 5.41) is 2.63. The van der Waals surface area contributed by atoms with Crippen LogP contribution in [0.25, 0.3) is 0 Å². The maximum absolute atomic E-state index is 10.1. The van der Waals surface area contributed by atoms with Gasteiger partial charge in [0.1, 0.15) is 0 Å². The van der Waals surface area contributed by atoms with Gasteiger partial charge in [-0.15, -0.1) is 0 Å². The third-order valence-corrected chi connectivity index (χ3v) is 2.32. The second-order valence-electron chi connectivity index (χ2n) is 3.36. The standard InChI is InChI=1S/C12H17NO3.H3N/c1-15-11-6-5-10(8-12(11)16-2)4-3-7-13-9-14;/h5-6,8-9H,3-4,7H2,1-2H3,(H,13,14);1H3. The summed E-state index contributed by atoms with van der Waals surface area (Å²) in [4.78, 5) is 10.1. The molecule has 0 heterocycles. The molecule has 0 aliphatic heterocycles. The third-order valence-electron chi connectivity index (χ3n) is 2.32. The molecule has 4 N–H and O–H groups in total. The Morgan fingerprint density at radius 1 is 1.24 bits per heavy atom. The zero-order chi connectivity index (χ0) is 11.8. The first-order chi connectivity index (χ1) is 7.81. The van der Waals surface area contributed by atoms with E-state index in [0.717, 1.165) is 24.3 Å². The normalized spacial score (nSPS) is 9.06. The van der Waals surface area contributed by atoms with Gasteiger partial charge in [-0.3, -0.25) is 4.79 Å². The minimum atomic E-state index is 0. The molecule has 5 nitrogen and oxygen atoms in total. The zero-order valence-corrected chi connectivity index (χ0v) is 10.4. The first kappa shape index (κ1) is 15.2. The molecule has 0 bridgehead atoms. The molecule has 1 aromatic rings. The minimum Gasteiger partial charge on any atom is -0.493 e. The molecule has 1 amide bonds. The summed E-state index contributed by atoms with van der Waals surface area (Å²) in [6.45, 7) is 0.692. The number of carbonyl (C=O) groups is 1. The quantitative estimate of drug-likeness (QED) is 0.559. The topological polar surface area (TPSA) is 82.6 Å². The number of ether oxygens (including phenoxy) is 2. The average Bonchev–Trinajstić information content (AvgIpc) is 2.34. The predicted molar refractivity (Wildman–Crippen MR) is 67.0 cm³/mol. The van der Waals surface area contributed by atoms with Gasteiger partial charge < -0.3 is 20.9 Å². The van der Waals surface area contributed by atoms with Crippen LogP contribution in [0.1, 0.15) is 12.0 Å². The van der Waals surface area contributed by atoms with Gasteiger partial charge in [-0.2, -0.15) is 0 Å². The van der Waals surface area contributed by atoms with Crippen molar-refractivity contribution in [1.29, 1.82) is 0 Å². The van der Waals surface area contributed by atoms with E-state index in [1.165, 1.54) is 5.56 Å². The van der Waals surface area contributed by atoms with Crippen molar-refractivity contribution in [2.24, 2.45) is 0 Å². The lowest BCUT2D eigenvalue weighted by atomic mass is 10.1. The van der Waals surface area contributed by atoms with Gasteiger partial charge in [-0.05, 0) is 30.5 Å². The number of nitrogens with one attached hydrogen (secondary N) is 1. The van der Waals surface area contributed by atoms with Crippen molar-refractivity contribution in [2.45, 2.75) is 12.8 Å². The Kier molecular flexibility index (Phi) is 7.54. The lowest BCUT2D eigenvalue weighted by Gasteiger charge is -2.09. The molecule has 0 unspecified atom stereocenters. The molecule has 0 aliphatic rings. The largest absolute Gasteiger partial charge is 0.493 e. The Morgan fingerprint density at radius 3 is 2.53 bits per heavy atom. The lowest BCUT2D eigenvalue weighted by molar-refractivity contribution is -0.109. The van der Waals surface area contributed by atoms with E-state index < -0.39 is 0 Å². The Balaban J connectivity index is 0.00000256. The fraction of sp³-hybridized carbons (Fsp3) is 0.417. The monoisotopic (exact) mass is 240 g/mol. The summed E-state index contributed by atoms with van der Waals surface area (Å²) >= 11 is 0. The lowest BCUT2D eigenvalue weighted by Crippen LogP contribution is -2.12. The van der Waals surface area contributed by atoms with Crippen molar-refractivity contribution in [2.75, 3.05) is 20.8 Å². The summed E-state index contributed by atoms with van der Waals surface area (Å²) in [6.07, 6.45) is 2.53. The summed E-state index contributed by atoms with van der Waals surface area (Å²) in [7, 11) is 3.24. The summed E-state index contributed by atoms with van der Waals surface area (Å²) in [5.41, 5.74) is 1.17. The number of amides is 1. The highest BCUT2D eigenvalue weighted by Gasteiger charge is 2.03. The van der Waals surface area contributed by atoms with Crippen LogP contribution >= 0.6 is 0 Å². The van der Waals surface area contributed by atoms with Crippen LogP contribution in [0.2, 0.25) is 0 Å². The molecule has 0 saturated carbocycles. The zero-order valence-electron chi connectivity index (χ0n) is 10.4. The molecular weight excluding hydrogens is 220 g/mol. The maximum atomic E-state index is 10.1. The first-order valence-corrected chi connectivity index (χ1v) is 5.19. The fourth-order valence-corrected chi connectivity index (χ4v) is 1.49. The van der Waals surface area contributed by atoms with Crippen LogP contribution in [0, 0.1) is 0 Å². The average molecular weight is 240 g/mol. The Hall–Kier alpha value is -1.75. The van der Waals surface area contributed by atoms with Gasteiger partial charge in [0, 0.05) is 6.54 Å². The molecule has 0 saturated heterocycles. The van der Waals surface area contributed by atoms with E-state index in [1.807, 2.05) is 18.2 Å². The Bertz CT molecular complexity index is 343. The molecule has 0 spiro atoms. The van der Waals surface area contributed by atoms with Crippen LogP contribution in [-0.2, 0) is 11.2 Å². The van der Waals surface area contributed by atoms with Gasteiger partial charge in [-0.25, -0.2) is 0 Å². The van der Waals surface area contributed by atoms with Crippen molar-refractivity contribution < 1.29 is 14.3 Å². The number of hydrogen-bond acceptors (Lipinski definition) is 4. The summed E-state index contributed by atoms with van der Waals surface area (Å²) < 4.78 is 10.4. The number of hydrogen-bond donors (Lipinski definition) is 2. The number of methoxy groups -OCH3 is 2. The molecule has 0 atom stereocenters. The van der Waals surface area contributed by atoms with Crippen LogP contribution in [0.3, 0.4) is 0 Å². The summed E-state index contributed by atoms with van der Waals surface area (Å²) in [5.74, 6) is 1.47. The van der Waals surface area contributed by atoms with Crippen molar-refractivity contribution >= 4 is 6.41 Å². The van der Waals surface area contributed by atoms with Gasteiger partial charge in [-0.1, -0.05) is 6.07 Å². The first-order valence-electron chi connectivity index (χ1n) is 5.19. The number of aryl methyl sites for hydroxylation is 1. The van der Waals surface area contributed by atoms with Crippen LogP contribution in [0.5, 0.6) is 11.5 Å². The molecule has 1 rings (SSSR count). The predicted octanol–water partition coefficient (Wildman–Crippen LogP) is 1.54. The van der Waals surface area contributed by atoms with Crippen LogP contribution in [0.4, 0.5) is 0 Å². The van der Waals surface area contributed by atoms with E-state index in [2.05, 4.69) is 5.32 Å². The molecule has 0 aromatic heterocycles. The van der Waals surface area contributed by atoms with Gasteiger partial charge >= 0.3 is 0 Å². The second-order valence-corrected chi connectivity index (χ2v) is 3.36. The summed E-state index contributed by atoms with van der Waals surface area (Å²) in [6, 6.07) is 5.85. The van der Waals surface area contributed by atoms with E-state index in [9.17, 15) is 4.79 Å². The SMILES string of the molecule is COc1ccc(CCCNC=O)cc1OC.N. The Morgan fingerprint density at radius 2 is 1.94 bits per heavy atom. The van der Waals surface area contributed by atoms with E-state index in [4.69, 9.17) is 9.47 Å². The fourth-order valence-electron chi connectivity index (χ4n) is 1.49. The Labute approximate surface area is 102 Å². The van der Waals surface area contributed by atoms with Crippen molar-refractivity contribution in [3.8, 4) is 11.5 Å². The molecule has 17 heavy (non-hydrogen) atoms. The van der Waals surface area contributed by atoms with Gasteiger partial charge in [0.2, 0.25) is 6.41 Å². The minimum absolute atomic E-state index is 0.